The smallest absolute Gasteiger partial charge is 0.251 e. The zero-order valence-electron chi connectivity index (χ0n) is 10.8. The SMILES string of the molecule is CC[C@@H]1CC12CCN(C(=O)[C@H]1CCCO1)CC2. The van der Waals surface area contributed by atoms with Crippen LogP contribution in [0.5, 0.6) is 0 Å². The van der Waals surface area contributed by atoms with Gasteiger partial charge in [-0.2, -0.15) is 0 Å². The summed E-state index contributed by atoms with van der Waals surface area (Å²) in [5, 5.41) is 0. The first-order valence-corrected chi connectivity index (χ1v) is 7.15. The normalized spacial score (nSPS) is 35.2. The van der Waals surface area contributed by atoms with E-state index in [1.807, 2.05) is 4.90 Å². The molecule has 0 bridgehead atoms. The third-order valence-electron chi connectivity index (χ3n) is 5.13. The van der Waals surface area contributed by atoms with Crippen molar-refractivity contribution in [3.63, 3.8) is 0 Å². The lowest BCUT2D eigenvalue weighted by Crippen LogP contribution is -2.44. The van der Waals surface area contributed by atoms with Crippen molar-refractivity contribution in [2.45, 2.75) is 51.6 Å². The Balaban J connectivity index is 1.53. The zero-order valence-corrected chi connectivity index (χ0v) is 10.8. The molecule has 2 saturated heterocycles. The Morgan fingerprint density at radius 3 is 2.71 bits per heavy atom. The van der Waals surface area contributed by atoms with Gasteiger partial charge >= 0.3 is 0 Å². The minimum absolute atomic E-state index is 0.120. The van der Waals surface area contributed by atoms with Crippen molar-refractivity contribution in [2.75, 3.05) is 19.7 Å². The maximum atomic E-state index is 12.2. The molecule has 3 fully saturated rings. The van der Waals surface area contributed by atoms with Crippen LogP contribution < -0.4 is 0 Å². The van der Waals surface area contributed by atoms with Crippen LogP contribution in [-0.2, 0) is 9.53 Å². The topological polar surface area (TPSA) is 29.5 Å². The van der Waals surface area contributed by atoms with Gasteiger partial charge in [0.2, 0.25) is 0 Å². The van der Waals surface area contributed by atoms with Crippen LogP contribution in [-0.4, -0.2) is 36.6 Å². The molecule has 3 nitrogen and oxygen atoms in total. The molecule has 17 heavy (non-hydrogen) atoms. The van der Waals surface area contributed by atoms with Crippen LogP contribution in [0.2, 0.25) is 0 Å². The van der Waals surface area contributed by atoms with E-state index < -0.39 is 0 Å². The fourth-order valence-electron chi connectivity index (χ4n) is 3.77. The van der Waals surface area contributed by atoms with E-state index in [0.29, 0.717) is 5.41 Å². The number of piperidine rings is 1. The highest BCUT2D eigenvalue weighted by Gasteiger charge is 2.53. The quantitative estimate of drug-likeness (QED) is 0.737. The number of hydrogen-bond donors (Lipinski definition) is 0. The van der Waals surface area contributed by atoms with Gasteiger partial charge in [-0.15, -0.1) is 0 Å². The second-order valence-electron chi connectivity index (χ2n) is 6.00. The van der Waals surface area contributed by atoms with Gasteiger partial charge in [-0.1, -0.05) is 13.3 Å². The Morgan fingerprint density at radius 1 is 1.41 bits per heavy atom. The van der Waals surface area contributed by atoms with E-state index in [2.05, 4.69) is 6.92 Å². The fraction of sp³-hybridized carbons (Fsp3) is 0.929. The van der Waals surface area contributed by atoms with E-state index in [1.165, 1.54) is 25.7 Å². The summed E-state index contributed by atoms with van der Waals surface area (Å²) in [5.41, 5.74) is 0.627. The fourth-order valence-corrected chi connectivity index (χ4v) is 3.77. The molecular formula is C14H23NO2. The van der Waals surface area contributed by atoms with Crippen molar-refractivity contribution in [1.82, 2.24) is 4.90 Å². The maximum Gasteiger partial charge on any atom is 0.251 e. The van der Waals surface area contributed by atoms with E-state index in [1.54, 1.807) is 0 Å². The molecule has 96 valence electrons. The van der Waals surface area contributed by atoms with Gasteiger partial charge in [-0.05, 0) is 43.4 Å². The molecule has 1 amide bonds. The molecule has 3 heteroatoms. The number of carbonyl (C=O) groups is 1. The minimum atomic E-state index is -0.120. The molecule has 0 radical (unpaired) electrons. The van der Waals surface area contributed by atoms with Gasteiger partial charge in [-0.25, -0.2) is 0 Å². The average Bonchev–Trinajstić information content (AvgIpc) is 2.81. The van der Waals surface area contributed by atoms with Crippen molar-refractivity contribution in [3.8, 4) is 0 Å². The van der Waals surface area contributed by atoms with Crippen LogP contribution >= 0.6 is 0 Å². The van der Waals surface area contributed by atoms with Crippen LogP contribution in [0.3, 0.4) is 0 Å². The summed E-state index contributed by atoms with van der Waals surface area (Å²) in [5.74, 6) is 1.20. The van der Waals surface area contributed by atoms with E-state index >= 15 is 0 Å². The number of carbonyl (C=O) groups excluding carboxylic acids is 1. The van der Waals surface area contributed by atoms with Crippen molar-refractivity contribution in [3.05, 3.63) is 0 Å². The summed E-state index contributed by atoms with van der Waals surface area (Å²) < 4.78 is 5.49. The Kier molecular flexibility index (Phi) is 2.89. The zero-order chi connectivity index (χ0) is 11.9. The Hall–Kier alpha value is -0.570. The van der Waals surface area contributed by atoms with Gasteiger partial charge in [0.05, 0.1) is 0 Å². The lowest BCUT2D eigenvalue weighted by Gasteiger charge is -2.34. The number of likely N-dealkylation sites (tertiary alicyclic amines) is 1. The Bertz CT molecular complexity index is 301. The average molecular weight is 237 g/mol. The van der Waals surface area contributed by atoms with Crippen molar-refractivity contribution < 1.29 is 9.53 Å². The maximum absolute atomic E-state index is 12.2. The summed E-state index contributed by atoms with van der Waals surface area (Å²) in [6.07, 6.45) is 7.04. The van der Waals surface area contributed by atoms with Crippen LogP contribution in [0, 0.1) is 11.3 Å². The molecule has 0 N–H and O–H groups in total. The summed E-state index contributed by atoms with van der Waals surface area (Å²) in [4.78, 5) is 14.2. The van der Waals surface area contributed by atoms with Gasteiger partial charge in [-0.3, -0.25) is 4.79 Å². The first-order valence-electron chi connectivity index (χ1n) is 7.15. The molecule has 1 saturated carbocycles. The first-order chi connectivity index (χ1) is 8.25. The second-order valence-corrected chi connectivity index (χ2v) is 6.00. The Morgan fingerprint density at radius 2 is 2.18 bits per heavy atom. The lowest BCUT2D eigenvalue weighted by atomic mass is 9.90. The second kappa shape index (κ2) is 4.27. The van der Waals surface area contributed by atoms with E-state index in [4.69, 9.17) is 4.74 Å². The van der Waals surface area contributed by atoms with Gasteiger partial charge in [0.15, 0.2) is 0 Å². The number of nitrogens with zero attached hydrogens (tertiary/aromatic N) is 1. The molecule has 3 rings (SSSR count). The lowest BCUT2D eigenvalue weighted by molar-refractivity contribution is -0.142. The molecule has 1 aliphatic carbocycles. The monoisotopic (exact) mass is 237 g/mol. The molecule has 0 unspecified atom stereocenters. The molecule has 3 aliphatic rings. The molecule has 2 atom stereocenters. The van der Waals surface area contributed by atoms with Crippen LogP contribution in [0.4, 0.5) is 0 Å². The standard InChI is InChI=1S/C14H23NO2/c1-2-11-10-14(11)5-7-15(8-6-14)13(16)12-4-3-9-17-12/h11-12H,2-10H2,1H3/t11-,12-/m1/s1. The number of amides is 1. The van der Waals surface area contributed by atoms with E-state index in [-0.39, 0.29) is 12.0 Å². The predicted octanol–water partition coefficient (Wildman–Crippen LogP) is 2.20. The highest BCUT2D eigenvalue weighted by Crippen LogP contribution is 2.60. The summed E-state index contributed by atoms with van der Waals surface area (Å²) in [7, 11) is 0. The Labute approximate surface area is 104 Å². The van der Waals surface area contributed by atoms with Crippen molar-refractivity contribution >= 4 is 5.91 Å². The van der Waals surface area contributed by atoms with Crippen LogP contribution in [0.1, 0.15) is 45.4 Å². The molecule has 2 heterocycles. The number of rotatable bonds is 2. The number of ether oxygens (including phenoxy) is 1. The molecule has 2 aliphatic heterocycles. The van der Waals surface area contributed by atoms with Crippen LogP contribution in [0.15, 0.2) is 0 Å². The van der Waals surface area contributed by atoms with Gasteiger partial charge in [0.1, 0.15) is 6.10 Å². The van der Waals surface area contributed by atoms with E-state index in [9.17, 15) is 4.79 Å². The highest BCUT2D eigenvalue weighted by molar-refractivity contribution is 5.81. The van der Waals surface area contributed by atoms with Gasteiger partial charge in [0, 0.05) is 19.7 Å². The summed E-state index contributed by atoms with van der Waals surface area (Å²) in [6.45, 7) is 5.00. The molecule has 0 aromatic heterocycles. The van der Waals surface area contributed by atoms with Gasteiger partial charge < -0.3 is 9.64 Å². The largest absolute Gasteiger partial charge is 0.368 e. The molecular weight excluding hydrogens is 214 g/mol. The van der Waals surface area contributed by atoms with E-state index in [0.717, 1.165) is 38.5 Å². The van der Waals surface area contributed by atoms with Crippen LogP contribution in [0.25, 0.3) is 0 Å². The summed E-state index contributed by atoms with van der Waals surface area (Å²) in [6, 6.07) is 0. The summed E-state index contributed by atoms with van der Waals surface area (Å²) >= 11 is 0. The minimum Gasteiger partial charge on any atom is -0.368 e. The predicted molar refractivity (Wildman–Crippen MR) is 65.6 cm³/mol. The van der Waals surface area contributed by atoms with Gasteiger partial charge in [0.25, 0.3) is 5.91 Å². The first kappa shape index (κ1) is 11.5. The molecule has 0 aromatic rings. The molecule has 1 spiro atoms. The van der Waals surface area contributed by atoms with Crippen molar-refractivity contribution in [1.29, 1.82) is 0 Å². The third kappa shape index (κ3) is 1.99. The highest BCUT2D eigenvalue weighted by atomic mass is 16.5. The molecule has 0 aromatic carbocycles. The number of hydrogen-bond acceptors (Lipinski definition) is 2. The van der Waals surface area contributed by atoms with Crippen molar-refractivity contribution in [2.24, 2.45) is 11.3 Å². The third-order valence-corrected chi connectivity index (χ3v) is 5.13.